The van der Waals surface area contributed by atoms with Crippen molar-refractivity contribution in [2.24, 2.45) is 0 Å². The Balaban J connectivity index is 2.03. The topological polar surface area (TPSA) is 55.9 Å². The molecule has 1 aromatic rings. The molecule has 13 heavy (non-hydrogen) atoms. The molecule has 0 aromatic carbocycles. The molecule has 1 aliphatic rings. The van der Waals surface area contributed by atoms with Crippen molar-refractivity contribution in [2.75, 3.05) is 12.3 Å². The first-order valence-corrected chi connectivity index (χ1v) is 4.79. The molecule has 1 unspecified atom stereocenters. The number of anilines is 1. The maximum atomic E-state index is 5.79. The van der Waals surface area contributed by atoms with Gasteiger partial charge in [0.15, 0.2) is 0 Å². The maximum Gasteiger partial charge on any atom is 0.121 e. The van der Waals surface area contributed by atoms with Crippen molar-refractivity contribution in [1.82, 2.24) is 15.1 Å². The number of aryl methyl sites for hydroxylation is 1. The lowest BCUT2D eigenvalue weighted by Crippen LogP contribution is -2.27. The zero-order chi connectivity index (χ0) is 9.26. The highest BCUT2D eigenvalue weighted by Gasteiger charge is 2.15. The summed E-state index contributed by atoms with van der Waals surface area (Å²) in [5.41, 5.74) is 6.79. The van der Waals surface area contributed by atoms with Crippen molar-refractivity contribution in [2.45, 2.75) is 32.4 Å². The molecule has 1 aliphatic heterocycles. The van der Waals surface area contributed by atoms with Crippen molar-refractivity contribution < 1.29 is 0 Å². The summed E-state index contributed by atoms with van der Waals surface area (Å²) in [5, 5.41) is 7.75. The minimum atomic E-state index is 0.557. The second kappa shape index (κ2) is 3.38. The summed E-state index contributed by atoms with van der Waals surface area (Å²) < 4.78 is 1.89. The van der Waals surface area contributed by atoms with Crippen LogP contribution in [0.1, 0.15) is 18.5 Å². The zero-order valence-corrected chi connectivity index (χ0v) is 7.95. The van der Waals surface area contributed by atoms with Gasteiger partial charge in [-0.2, -0.15) is 5.10 Å². The summed E-state index contributed by atoms with van der Waals surface area (Å²) in [4.78, 5) is 0. The summed E-state index contributed by atoms with van der Waals surface area (Å²) in [6.45, 7) is 4.00. The van der Waals surface area contributed by atoms with Crippen LogP contribution in [-0.4, -0.2) is 22.4 Å². The van der Waals surface area contributed by atoms with E-state index in [2.05, 4.69) is 10.4 Å². The van der Waals surface area contributed by atoms with Crippen LogP contribution in [0.5, 0.6) is 0 Å². The average molecular weight is 180 g/mol. The van der Waals surface area contributed by atoms with E-state index >= 15 is 0 Å². The highest BCUT2D eigenvalue weighted by atomic mass is 15.3. The maximum absolute atomic E-state index is 5.79. The van der Waals surface area contributed by atoms with Crippen LogP contribution in [0, 0.1) is 6.92 Å². The standard InChI is InChI=1S/C9H16N4/c1-7-5-9(10)13(12-7)6-8-3-2-4-11-8/h5,8,11H,2-4,6,10H2,1H3. The molecule has 1 aromatic heterocycles. The van der Waals surface area contributed by atoms with Gasteiger partial charge in [0.2, 0.25) is 0 Å². The van der Waals surface area contributed by atoms with E-state index in [1.807, 2.05) is 17.7 Å². The number of hydrogen-bond donors (Lipinski definition) is 2. The van der Waals surface area contributed by atoms with Crippen LogP contribution in [0.15, 0.2) is 6.07 Å². The molecule has 1 atom stereocenters. The molecule has 0 bridgehead atoms. The van der Waals surface area contributed by atoms with Crippen molar-refractivity contribution in [3.8, 4) is 0 Å². The third kappa shape index (κ3) is 1.83. The van der Waals surface area contributed by atoms with Crippen molar-refractivity contribution in [3.05, 3.63) is 11.8 Å². The van der Waals surface area contributed by atoms with Crippen LogP contribution >= 0.6 is 0 Å². The Bertz CT molecular complexity index is 286. The molecule has 1 fully saturated rings. The molecule has 0 saturated carbocycles. The third-order valence-corrected chi connectivity index (χ3v) is 2.49. The molecule has 4 heteroatoms. The lowest BCUT2D eigenvalue weighted by molar-refractivity contribution is 0.479. The van der Waals surface area contributed by atoms with Crippen molar-refractivity contribution in [1.29, 1.82) is 0 Å². The fourth-order valence-electron chi connectivity index (χ4n) is 1.83. The largest absolute Gasteiger partial charge is 0.384 e. The molecule has 0 spiro atoms. The van der Waals surface area contributed by atoms with Crippen LogP contribution in [0.3, 0.4) is 0 Å². The minimum absolute atomic E-state index is 0.557. The Morgan fingerprint density at radius 3 is 3.15 bits per heavy atom. The van der Waals surface area contributed by atoms with Gasteiger partial charge in [-0.1, -0.05) is 0 Å². The van der Waals surface area contributed by atoms with E-state index in [9.17, 15) is 0 Å². The van der Waals surface area contributed by atoms with E-state index in [4.69, 9.17) is 5.73 Å². The van der Waals surface area contributed by atoms with Crippen LogP contribution in [-0.2, 0) is 6.54 Å². The van der Waals surface area contributed by atoms with Gasteiger partial charge in [-0.15, -0.1) is 0 Å². The molecule has 0 aliphatic carbocycles. The Morgan fingerprint density at radius 1 is 1.77 bits per heavy atom. The van der Waals surface area contributed by atoms with Gasteiger partial charge in [0, 0.05) is 12.1 Å². The summed E-state index contributed by atoms with van der Waals surface area (Å²) in [7, 11) is 0. The third-order valence-electron chi connectivity index (χ3n) is 2.49. The first kappa shape index (κ1) is 8.56. The van der Waals surface area contributed by atoms with Gasteiger partial charge in [0.05, 0.1) is 12.2 Å². The quantitative estimate of drug-likeness (QED) is 0.698. The van der Waals surface area contributed by atoms with E-state index in [1.54, 1.807) is 0 Å². The molecule has 2 heterocycles. The highest BCUT2D eigenvalue weighted by molar-refractivity contribution is 5.30. The Labute approximate surface area is 78.1 Å². The van der Waals surface area contributed by atoms with Gasteiger partial charge < -0.3 is 11.1 Å². The number of nitrogen functional groups attached to an aromatic ring is 1. The fraction of sp³-hybridized carbons (Fsp3) is 0.667. The first-order chi connectivity index (χ1) is 6.25. The molecule has 72 valence electrons. The fourth-order valence-corrected chi connectivity index (χ4v) is 1.83. The summed E-state index contributed by atoms with van der Waals surface area (Å²) in [5.74, 6) is 0.770. The number of nitrogens with zero attached hydrogens (tertiary/aromatic N) is 2. The van der Waals surface area contributed by atoms with Crippen LogP contribution in [0.2, 0.25) is 0 Å². The van der Waals surface area contributed by atoms with Gasteiger partial charge in [0.25, 0.3) is 0 Å². The SMILES string of the molecule is Cc1cc(N)n(CC2CCCN2)n1. The van der Waals surface area contributed by atoms with Crippen molar-refractivity contribution >= 4 is 5.82 Å². The van der Waals surface area contributed by atoms with Crippen LogP contribution in [0.25, 0.3) is 0 Å². The molecular weight excluding hydrogens is 164 g/mol. The second-order valence-corrected chi connectivity index (χ2v) is 3.69. The van der Waals surface area contributed by atoms with E-state index < -0.39 is 0 Å². The molecule has 2 rings (SSSR count). The lowest BCUT2D eigenvalue weighted by Gasteiger charge is -2.10. The second-order valence-electron chi connectivity index (χ2n) is 3.69. The predicted molar refractivity (Wildman–Crippen MR) is 52.4 cm³/mol. The normalized spacial score (nSPS) is 22.4. The predicted octanol–water partition coefficient (Wildman–Crippen LogP) is 0.526. The lowest BCUT2D eigenvalue weighted by atomic mass is 10.2. The number of rotatable bonds is 2. The van der Waals surface area contributed by atoms with Gasteiger partial charge >= 0.3 is 0 Å². The van der Waals surface area contributed by atoms with Gasteiger partial charge in [-0.25, -0.2) is 4.68 Å². The molecular formula is C9H16N4. The van der Waals surface area contributed by atoms with Gasteiger partial charge in [0.1, 0.15) is 5.82 Å². The van der Waals surface area contributed by atoms with E-state index in [-0.39, 0.29) is 0 Å². The molecule has 1 saturated heterocycles. The summed E-state index contributed by atoms with van der Waals surface area (Å²) in [6, 6.07) is 2.47. The van der Waals surface area contributed by atoms with E-state index in [0.717, 1.165) is 24.6 Å². The van der Waals surface area contributed by atoms with E-state index in [0.29, 0.717) is 6.04 Å². The number of nitrogens with one attached hydrogen (secondary N) is 1. The average Bonchev–Trinajstić information content (AvgIpc) is 2.63. The summed E-state index contributed by atoms with van der Waals surface area (Å²) >= 11 is 0. The van der Waals surface area contributed by atoms with Crippen molar-refractivity contribution in [3.63, 3.8) is 0 Å². The smallest absolute Gasteiger partial charge is 0.121 e. The molecule has 4 nitrogen and oxygen atoms in total. The monoisotopic (exact) mass is 180 g/mol. The number of nitrogens with two attached hydrogens (primary N) is 1. The Kier molecular flexibility index (Phi) is 2.22. The summed E-state index contributed by atoms with van der Waals surface area (Å²) in [6.07, 6.45) is 2.50. The number of hydrogen-bond acceptors (Lipinski definition) is 3. The zero-order valence-electron chi connectivity index (χ0n) is 7.95. The van der Waals surface area contributed by atoms with Gasteiger partial charge in [-0.05, 0) is 26.3 Å². The van der Waals surface area contributed by atoms with Gasteiger partial charge in [-0.3, -0.25) is 0 Å². The van der Waals surface area contributed by atoms with E-state index in [1.165, 1.54) is 12.8 Å². The Hall–Kier alpha value is -1.03. The molecule has 0 amide bonds. The molecule has 3 N–H and O–H groups in total. The van der Waals surface area contributed by atoms with Crippen LogP contribution < -0.4 is 11.1 Å². The Morgan fingerprint density at radius 2 is 2.62 bits per heavy atom. The van der Waals surface area contributed by atoms with Crippen LogP contribution in [0.4, 0.5) is 5.82 Å². The number of aromatic nitrogens is 2. The highest BCUT2D eigenvalue weighted by Crippen LogP contribution is 2.11. The first-order valence-electron chi connectivity index (χ1n) is 4.79. The molecule has 0 radical (unpaired) electrons. The minimum Gasteiger partial charge on any atom is -0.384 e.